The molecule has 94 valence electrons. The lowest BCUT2D eigenvalue weighted by Crippen LogP contribution is -2.35. The molecule has 3 N–H and O–H groups in total. The van der Waals surface area contributed by atoms with E-state index in [2.05, 4.69) is 22.7 Å². The highest BCUT2D eigenvalue weighted by Gasteiger charge is 2.27. The van der Waals surface area contributed by atoms with Gasteiger partial charge in [-0.2, -0.15) is 5.10 Å². The van der Waals surface area contributed by atoms with Crippen LogP contribution in [0.15, 0.2) is 29.4 Å². The van der Waals surface area contributed by atoms with E-state index in [1.807, 2.05) is 18.2 Å². The Morgan fingerprint density at radius 1 is 1.56 bits per heavy atom. The molecule has 0 fully saturated rings. The van der Waals surface area contributed by atoms with Crippen LogP contribution >= 0.6 is 12.2 Å². The first-order chi connectivity index (χ1) is 8.58. The van der Waals surface area contributed by atoms with Gasteiger partial charge < -0.3 is 10.5 Å². The lowest BCUT2D eigenvalue weighted by Gasteiger charge is -2.24. The van der Waals surface area contributed by atoms with Crippen LogP contribution in [0.2, 0.25) is 0 Å². The van der Waals surface area contributed by atoms with E-state index in [1.54, 1.807) is 13.0 Å². The molecule has 0 aromatic heterocycles. The molecule has 0 spiro atoms. The van der Waals surface area contributed by atoms with E-state index in [1.165, 1.54) is 0 Å². The molecular weight excluding hydrogens is 250 g/mol. The van der Waals surface area contributed by atoms with Crippen molar-refractivity contribution < 1.29 is 9.53 Å². The summed E-state index contributed by atoms with van der Waals surface area (Å²) in [6, 6.07) is 7.38. The molecule has 1 aliphatic heterocycles. The highest BCUT2D eigenvalue weighted by molar-refractivity contribution is 7.80. The first-order valence-electron chi connectivity index (χ1n) is 5.46. The summed E-state index contributed by atoms with van der Waals surface area (Å²) in [5.41, 5.74) is 9.97. The van der Waals surface area contributed by atoms with Gasteiger partial charge in [-0.3, -0.25) is 5.43 Å². The molecule has 0 amide bonds. The van der Waals surface area contributed by atoms with E-state index in [0.717, 1.165) is 5.56 Å². The molecular formula is C12H13N3O2S. The van der Waals surface area contributed by atoms with Gasteiger partial charge in [0.15, 0.2) is 5.11 Å². The Hall–Kier alpha value is -1.95. The van der Waals surface area contributed by atoms with Crippen LogP contribution in [0.4, 0.5) is 0 Å². The second-order valence-electron chi connectivity index (χ2n) is 3.98. The number of hydrazone groups is 1. The molecule has 1 aromatic rings. The number of benzene rings is 1. The monoisotopic (exact) mass is 263 g/mol. The second-order valence-corrected chi connectivity index (χ2v) is 4.42. The lowest BCUT2D eigenvalue weighted by atomic mass is 9.97. The molecule has 1 heterocycles. The van der Waals surface area contributed by atoms with Crippen LogP contribution in [-0.2, 0) is 11.2 Å². The Balaban J connectivity index is 2.18. The summed E-state index contributed by atoms with van der Waals surface area (Å²) < 4.78 is 5.31. The summed E-state index contributed by atoms with van der Waals surface area (Å²) in [4.78, 5) is 11.8. The number of cyclic esters (lactones) is 1. The van der Waals surface area contributed by atoms with E-state index in [-0.39, 0.29) is 17.2 Å². The van der Waals surface area contributed by atoms with Gasteiger partial charge in [0.05, 0.1) is 11.3 Å². The molecule has 1 aliphatic rings. The van der Waals surface area contributed by atoms with Gasteiger partial charge >= 0.3 is 5.97 Å². The van der Waals surface area contributed by atoms with Gasteiger partial charge in [0.1, 0.15) is 6.10 Å². The predicted molar refractivity (Wildman–Crippen MR) is 72.4 cm³/mol. The molecule has 18 heavy (non-hydrogen) atoms. The largest absolute Gasteiger partial charge is 0.452 e. The SMILES string of the molecule is C/C(=N/NC(N)=S)[C@@H]1Cc2ccccc2C(=O)O1. The predicted octanol–water partition coefficient (Wildman–Crippen LogP) is 0.977. The van der Waals surface area contributed by atoms with Crippen LogP contribution in [0.1, 0.15) is 22.8 Å². The number of nitrogens with two attached hydrogens (primary N) is 1. The number of hydrogen-bond donors (Lipinski definition) is 2. The Labute approximate surface area is 110 Å². The van der Waals surface area contributed by atoms with Gasteiger partial charge in [-0.1, -0.05) is 18.2 Å². The molecule has 5 nitrogen and oxygen atoms in total. The number of carbonyl (C=O) groups is 1. The Bertz CT molecular complexity index is 528. The van der Waals surface area contributed by atoms with Crippen molar-refractivity contribution in [1.29, 1.82) is 0 Å². The molecule has 6 heteroatoms. The van der Waals surface area contributed by atoms with Crippen molar-refractivity contribution in [3.8, 4) is 0 Å². The van der Waals surface area contributed by atoms with Gasteiger partial charge in [0.25, 0.3) is 0 Å². The molecule has 0 bridgehead atoms. The third-order valence-electron chi connectivity index (χ3n) is 2.70. The standard InChI is InChI=1S/C12H13N3O2S/c1-7(14-15-12(13)18)10-6-8-4-2-3-5-9(8)11(16)17-10/h2-5,10H,6H2,1H3,(H3,13,15,18)/b14-7-/t10-/m0/s1. The van der Waals surface area contributed by atoms with Gasteiger partial charge in [0, 0.05) is 6.42 Å². The average Bonchev–Trinajstić information content (AvgIpc) is 2.36. The Kier molecular flexibility index (Phi) is 3.57. The van der Waals surface area contributed by atoms with Crippen molar-refractivity contribution in [1.82, 2.24) is 5.43 Å². The number of nitrogens with one attached hydrogen (secondary N) is 1. The number of nitrogens with zero attached hydrogens (tertiary/aromatic N) is 1. The van der Waals surface area contributed by atoms with E-state index in [9.17, 15) is 4.79 Å². The van der Waals surface area contributed by atoms with Crippen molar-refractivity contribution in [2.24, 2.45) is 10.8 Å². The summed E-state index contributed by atoms with van der Waals surface area (Å²) in [5.74, 6) is -0.327. The average molecular weight is 263 g/mol. The smallest absolute Gasteiger partial charge is 0.339 e. The van der Waals surface area contributed by atoms with Gasteiger partial charge in [-0.05, 0) is 30.8 Å². The number of thiocarbonyl (C=S) groups is 1. The van der Waals surface area contributed by atoms with E-state index < -0.39 is 0 Å². The fraction of sp³-hybridized carbons (Fsp3) is 0.250. The molecule has 0 saturated heterocycles. The summed E-state index contributed by atoms with van der Waals surface area (Å²) in [6.07, 6.45) is 0.227. The fourth-order valence-corrected chi connectivity index (χ4v) is 1.83. The number of carbonyl (C=O) groups excluding carboxylic acids is 1. The molecule has 0 radical (unpaired) electrons. The summed E-state index contributed by atoms with van der Waals surface area (Å²) >= 11 is 4.65. The number of rotatable bonds is 2. The van der Waals surface area contributed by atoms with Crippen LogP contribution in [-0.4, -0.2) is 22.9 Å². The van der Waals surface area contributed by atoms with E-state index in [4.69, 9.17) is 10.5 Å². The van der Waals surface area contributed by atoms with Crippen molar-refractivity contribution in [2.45, 2.75) is 19.4 Å². The van der Waals surface area contributed by atoms with Gasteiger partial charge in [-0.15, -0.1) is 0 Å². The van der Waals surface area contributed by atoms with Crippen LogP contribution < -0.4 is 11.2 Å². The number of ether oxygens (including phenoxy) is 1. The van der Waals surface area contributed by atoms with Crippen molar-refractivity contribution in [3.63, 3.8) is 0 Å². The van der Waals surface area contributed by atoms with E-state index in [0.29, 0.717) is 17.7 Å². The maximum atomic E-state index is 11.8. The number of hydrogen-bond acceptors (Lipinski definition) is 4. The van der Waals surface area contributed by atoms with Crippen LogP contribution in [0, 0.1) is 0 Å². The second kappa shape index (κ2) is 5.14. The minimum Gasteiger partial charge on any atom is -0.452 e. The fourth-order valence-electron chi connectivity index (χ4n) is 1.78. The van der Waals surface area contributed by atoms with Crippen molar-refractivity contribution >= 4 is 29.0 Å². The zero-order valence-corrected chi connectivity index (χ0v) is 10.7. The van der Waals surface area contributed by atoms with Crippen LogP contribution in [0.5, 0.6) is 0 Å². The summed E-state index contributed by atoms with van der Waals surface area (Å²) in [5, 5.41) is 4.06. The lowest BCUT2D eigenvalue weighted by molar-refractivity contribution is 0.0389. The normalized spacial score (nSPS) is 18.8. The molecule has 1 atom stereocenters. The quantitative estimate of drug-likeness (QED) is 0.360. The summed E-state index contributed by atoms with van der Waals surface area (Å²) in [7, 11) is 0. The highest BCUT2D eigenvalue weighted by Crippen LogP contribution is 2.21. The maximum absolute atomic E-state index is 11.8. The minimum atomic E-state index is -0.380. The van der Waals surface area contributed by atoms with Gasteiger partial charge in [0.2, 0.25) is 0 Å². The topological polar surface area (TPSA) is 76.7 Å². The van der Waals surface area contributed by atoms with Crippen LogP contribution in [0.3, 0.4) is 0 Å². The third-order valence-corrected chi connectivity index (χ3v) is 2.79. The zero-order chi connectivity index (χ0) is 13.1. The Morgan fingerprint density at radius 2 is 2.28 bits per heavy atom. The van der Waals surface area contributed by atoms with E-state index >= 15 is 0 Å². The molecule has 1 aromatic carbocycles. The third kappa shape index (κ3) is 2.65. The molecule has 0 saturated carbocycles. The van der Waals surface area contributed by atoms with Gasteiger partial charge in [-0.25, -0.2) is 4.79 Å². The van der Waals surface area contributed by atoms with Crippen molar-refractivity contribution in [3.05, 3.63) is 35.4 Å². The first-order valence-corrected chi connectivity index (χ1v) is 5.87. The molecule has 2 rings (SSSR count). The number of esters is 1. The molecule has 0 aliphatic carbocycles. The maximum Gasteiger partial charge on any atom is 0.339 e. The zero-order valence-electron chi connectivity index (χ0n) is 9.84. The van der Waals surface area contributed by atoms with Crippen molar-refractivity contribution in [2.75, 3.05) is 0 Å². The molecule has 0 unspecified atom stereocenters. The number of fused-ring (bicyclic) bond motifs is 1. The minimum absolute atomic E-state index is 0.0805. The first kappa shape index (κ1) is 12.5. The highest BCUT2D eigenvalue weighted by atomic mass is 32.1. The Morgan fingerprint density at radius 3 is 3.00 bits per heavy atom. The van der Waals surface area contributed by atoms with Crippen LogP contribution in [0.25, 0.3) is 0 Å². The summed E-state index contributed by atoms with van der Waals surface area (Å²) in [6.45, 7) is 1.76.